The largest absolute Gasteiger partial charge is 0.459 e. The molecule has 3 heterocycles. The number of hydrogen-bond donors (Lipinski definition) is 1. The normalized spacial score (nSPS) is 23.8. The van der Waals surface area contributed by atoms with Crippen molar-refractivity contribution < 1.29 is 119 Å². The average Bonchev–Trinajstić information content (AvgIpc) is 0.757. The molecule has 3 saturated heterocycles. The van der Waals surface area contributed by atoms with Crippen molar-refractivity contribution in [3.63, 3.8) is 0 Å². The van der Waals surface area contributed by atoms with Gasteiger partial charge in [0.25, 0.3) is 0 Å². The summed E-state index contributed by atoms with van der Waals surface area (Å²) in [5, 5.41) is 13.2. The van der Waals surface area contributed by atoms with E-state index < -0.39 is 166 Å². The Morgan fingerprint density at radius 2 is 0.449 bits per heavy atom. The summed E-state index contributed by atoms with van der Waals surface area (Å²) < 4.78 is 96.2. The minimum atomic E-state index is -2.34. The van der Waals surface area contributed by atoms with Gasteiger partial charge in [0.1, 0.15) is 44.2 Å². The number of rotatable bonds is 26. The van der Waals surface area contributed by atoms with Crippen LogP contribution < -0.4 is 0 Å². The Balaban J connectivity index is 1.03. The van der Waals surface area contributed by atoms with Crippen molar-refractivity contribution in [2.75, 3.05) is 26.9 Å². The first-order valence-electron chi connectivity index (χ1n) is 33.9. The predicted molar refractivity (Wildman–Crippen MR) is 373 cm³/mol. The Hall–Kier alpha value is -12.1. The van der Waals surface area contributed by atoms with Gasteiger partial charge in [0.05, 0.1) is 50.1 Å². The van der Waals surface area contributed by atoms with Crippen LogP contribution in [-0.2, 0) is 71.1 Å². The van der Waals surface area contributed by atoms with Gasteiger partial charge in [-0.2, -0.15) is 0 Å². The molecule has 0 amide bonds. The summed E-state index contributed by atoms with van der Waals surface area (Å²) in [6.07, 6.45) is -30.2. The van der Waals surface area contributed by atoms with Crippen LogP contribution in [0.3, 0.4) is 0 Å². The molecule has 0 radical (unpaired) electrons. The molecule has 1 N–H and O–H groups in total. The average molecular weight is 1460 g/mol. The van der Waals surface area contributed by atoms with Gasteiger partial charge in [-0.15, -0.1) is 0 Å². The van der Waals surface area contributed by atoms with E-state index in [9.17, 15) is 43.5 Å². The highest BCUT2D eigenvalue weighted by Crippen LogP contribution is 2.40. The SMILES string of the molecule is CO[C@H]1O[C@H](COC(=O)c2ccccc2)[C@@H](OC(=O)c2ccccc2)[C@H](OC(=O)c2ccccc2)[C@@H]1O[C@H]1O[C@H](COC(=O)c2ccccc2)[C@@H](OC(=O)c2ccccc2)[C@H](OC(=O)c2ccccc2)[C@@H]1O[C@H]1O[C@H](COC(=O)c2ccccc2)[C@@H](OC(=O)c2ccccc2)[C@H](OC(=O)c2ccccc2)[C@@H]1O. The van der Waals surface area contributed by atoms with Crippen LogP contribution in [0.5, 0.6) is 0 Å². The lowest BCUT2D eigenvalue weighted by atomic mass is 9.95. The highest BCUT2D eigenvalue weighted by Gasteiger charge is 2.60. The first kappa shape index (κ1) is 74.6. The zero-order chi connectivity index (χ0) is 74.6. The van der Waals surface area contributed by atoms with E-state index in [4.69, 9.17) is 71.1 Å². The quantitative estimate of drug-likeness (QED) is 0.0389. The summed E-state index contributed by atoms with van der Waals surface area (Å²) in [5.41, 5.74) is -0.0367. The molecule has 25 heteroatoms. The number of benzene rings is 9. The van der Waals surface area contributed by atoms with Crippen LogP contribution in [0.25, 0.3) is 0 Å². The van der Waals surface area contributed by atoms with Gasteiger partial charge in [0, 0.05) is 7.11 Å². The third-order valence-corrected chi connectivity index (χ3v) is 17.3. The zero-order valence-corrected chi connectivity index (χ0v) is 57.0. The molecule has 9 aromatic carbocycles. The molecule has 107 heavy (non-hydrogen) atoms. The second-order valence-corrected chi connectivity index (χ2v) is 24.4. The smallest absolute Gasteiger partial charge is 0.338 e. The monoisotopic (exact) mass is 1450 g/mol. The minimum Gasteiger partial charge on any atom is -0.459 e. The van der Waals surface area contributed by atoms with Crippen LogP contribution >= 0.6 is 0 Å². The van der Waals surface area contributed by atoms with Crippen LogP contribution in [0.1, 0.15) is 93.2 Å². The summed E-state index contributed by atoms with van der Waals surface area (Å²) in [7, 11) is 1.17. The van der Waals surface area contributed by atoms with Gasteiger partial charge in [-0.1, -0.05) is 164 Å². The summed E-state index contributed by atoms with van der Waals surface area (Å²) in [6.45, 7) is -2.43. The summed E-state index contributed by atoms with van der Waals surface area (Å²) >= 11 is 0. The molecule has 0 saturated carbocycles. The number of carbonyl (C=O) groups is 9. The maximum atomic E-state index is 15.2. The van der Waals surface area contributed by atoms with E-state index in [0.717, 1.165) is 0 Å². The zero-order valence-electron chi connectivity index (χ0n) is 57.0. The van der Waals surface area contributed by atoms with E-state index in [-0.39, 0.29) is 50.1 Å². The Labute approximate surface area is 612 Å². The molecule has 3 aliphatic heterocycles. The minimum absolute atomic E-state index is 0.00728. The number of esters is 9. The lowest BCUT2D eigenvalue weighted by molar-refractivity contribution is -0.390. The van der Waals surface area contributed by atoms with Crippen molar-refractivity contribution in [1.29, 1.82) is 0 Å². The van der Waals surface area contributed by atoms with Gasteiger partial charge in [0.15, 0.2) is 67.7 Å². The van der Waals surface area contributed by atoms with Crippen LogP contribution in [0.4, 0.5) is 0 Å². The van der Waals surface area contributed by atoms with Crippen LogP contribution in [0.2, 0.25) is 0 Å². The molecule has 12 rings (SSSR count). The Kier molecular flexibility index (Phi) is 25.2. The third-order valence-electron chi connectivity index (χ3n) is 17.3. The highest BCUT2D eigenvalue weighted by atomic mass is 16.8. The number of carbonyl (C=O) groups excluding carboxylic acids is 9. The van der Waals surface area contributed by atoms with Crippen molar-refractivity contribution in [3.8, 4) is 0 Å². The van der Waals surface area contributed by atoms with Crippen molar-refractivity contribution in [1.82, 2.24) is 0 Å². The first-order valence-corrected chi connectivity index (χ1v) is 33.9. The van der Waals surface area contributed by atoms with E-state index in [0.29, 0.717) is 0 Å². The molecule has 548 valence electrons. The van der Waals surface area contributed by atoms with E-state index in [1.54, 1.807) is 127 Å². The molecule has 0 bridgehead atoms. The number of ether oxygens (including phenoxy) is 15. The lowest BCUT2D eigenvalue weighted by Crippen LogP contribution is -2.69. The molecular formula is C82H70O25. The van der Waals surface area contributed by atoms with Crippen molar-refractivity contribution >= 4 is 53.7 Å². The summed E-state index contributed by atoms with van der Waals surface area (Å²) in [6, 6.07) is 68.7. The maximum Gasteiger partial charge on any atom is 0.338 e. The number of aliphatic hydroxyl groups is 1. The molecule has 15 atom stereocenters. The maximum absolute atomic E-state index is 15.2. The molecule has 25 nitrogen and oxygen atoms in total. The molecule has 3 aliphatic rings. The van der Waals surface area contributed by atoms with Crippen molar-refractivity contribution in [2.24, 2.45) is 0 Å². The Morgan fingerprint density at radius 3 is 0.710 bits per heavy atom. The second kappa shape index (κ2) is 36.1. The van der Waals surface area contributed by atoms with E-state index >= 15 is 4.79 Å². The Morgan fingerprint density at radius 1 is 0.252 bits per heavy atom. The topological polar surface area (TPSA) is 312 Å². The molecule has 9 aromatic rings. The van der Waals surface area contributed by atoms with Gasteiger partial charge in [-0.3, -0.25) is 0 Å². The van der Waals surface area contributed by atoms with E-state index in [2.05, 4.69) is 0 Å². The van der Waals surface area contributed by atoms with Gasteiger partial charge in [0.2, 0.25) is 0 Å². The fourth-order valence-corrected chi connectivity index (χ4v) is 11.9. The van der Waals surface area contributed by atoms with Crippen LogP contribution in [-0.4, -0.2) is 178 Å². The third kappa shape index (κ3) is 18.9. The second-order valence-electron chi connectivity index (χ2n) is 24.4. The number of methoxy groups -OCH3 is 1. The molecule has 0 spiro atoms. The first-order chi connectivity index (χ1) is 52.2. The summed E-state index contributed by atoms with van der Waals surface area (Å²) in [5.74, 6) is -9.06. The lowest BCUT2D eigenvalue weighted by Gasteiger charge is -2.50. The van der Waals surface area contributed by atoms with Gasteiger partial charge >= 0.3 is 53.7 Å². The highest BCUT2D eigenvalue weighted by molar-refractivity contribution is 5.94. The fraction of sp³-hybridized carbons (Fsp3) is 0.232. The van der Waals surface area contributed by atoms with Crippen molar-refractivity contribution in [3.05, 3.63) is 323 Å². The van der Waals surface area contributed by atoms with E-state index in [1.807, 2.05) is 0 Å². The van der Waals surface area contributed by atoms with Crippen LogP contribution in [0, 0.1) is 0 Å². The molecule has 0 aliphatic carbocycles. The fourth-order valence-electron chi connectivity index (χ4n) is 11.9. The Bertz CT molecular complexity index is 4450. The summed E-state index contributed by atoms with van der Waals surface area (Å²) in [4.78, 5) is 130. The molecular weight excluding hydrogens is 1380 g/mol. The number of hydrogen-bond acceptors (Lipinski definition) is 25. The molecule has 0 aromatic heterocycles. The standard InChI is InChI=1S/C82H70O25/c1-93-81-69(67(104-78(91)57-43-25-9-26-44-57)64(101-75(88)54-37-19-6-20-38-54)60(98-81)48-95-72(85)51-31-13-3-14-32-51)107-82-70(68(105-79(92)58-45-27-10-28-46-58)65(102-76(89)55-39-21-7-22-40-55)61(99-82)49-96-73(86)52-33-15-4-16-34-52)106-80-62(83)66(103-77(90)56-41-23-8-24-42-56)63(100-74(87)53-35-17-5-18-36-53)59(97-80)47-94-71(84)50-29-11-2-12-30-50/h2-46,59-70,80-83H,47-49H2,1H3/t59-,60-,61-,62+,63-,64-,65-,66-,67+,68+,69+,70+,80-,81+,82-/m1/s1. The van der Waals surface area contributed by atoms with Crippen molar-refractivity contribution in [2.45, 2.75) is 92.1 Å². The van der Waals surface area contributed by atoms with Gasteiger partial charge in [-0.05, 0) is 109 Å². The van der Waals surface area contributed by atoms with E-state index in [1.165, 1.54) is 153 Å². The number of aliphatic hydroxyl groups excluding tert-OH is 1. The van der Waals surface area contributed by atoms with Gasteiger partial charge in [-0.25, -0.2) is 43.2 Å². The predicted octanol–water partition coefficient (Wildman–Crippen LogP) is 9.86. The molecule has 3 fully saturated rings. The molecule has 0 unspecified atom stereocenters. The van der Waals surface area contributed by atoms with Crippen LogP contribution in [0.15, 0.2) is 273 Å². The van der Waals surface area contributed by atoms with Gasteiger partial charge < -0.3 is 76.2 Å².